The van der Waals surface area contributed by atoms with Gasteiger partial charge in [0.05, 0.1) is 23.9 Å². The van der Waals surface area contributed by atoms with Crippen molar-refractivity contribution in [3.8, 4) is 0 Å². The topological polar surface area (TPSA) is 110 Å². The van der Waals surface area contributed by atoms with E-state index in [2.05, 4.69) is 23.8 Å². The van der Waals surface area contributed by atoms with Gasteiger partial charge < -0.3 is 33.7 Å². The van der Waals surface area contributed by atoms with Gasteiger partial charge in [-0.1, -0.05) is 13.8 Å². The normalized spacial score (nSPS) is 41.6. The zero-order chi connectivity index (χ0) is 33.3. The number of ketones is 1. The Labute approximate surface area is 271 Å². The molecule has 1 N–H and O–H groups in total. The highest BCUT2D eigenvalue weighted by atomic mass is 16.7. The minimum absolute atomic E-state index is 0.0253. The van der Waals surface area contributed by atoms with E-state index >= 15 is 0 Å². The average molecular weight is 640 g/mol. The number of hydrogen-bond acceptors (Lipinski definition) is 11. The fourth-order valence-corrected chi connectivity index (χ4v) is 8.14. The van der Waals surface area contributed by atoms with E-state index in [0.717, 1.165) is 45.6 Å². The molecular weight excluding hydrogens is 578 g/mol. The Kier molecular flexibility index (Phi) is 12.2. The van der Waals surface area contributed by atoms with E-state index in [0.29, 0.717) is 24.9 Å². The van der Waals surface area contributed by atoms with Crippen molar-refractivity contribution in [3.63, 3.8) is 0 Å². The van der Waals surface area contributed by atoms with Gasteiger partial charge in [-0.15, -0.1) is 0 Å². The Morgan fingerprint density at radius 2 is 1.78 bits per heavy atom. The molecule has 10 atom stereocenters. The second kappa shape index (κ2) is 14.9. The third-order valence-corrected chi connectivity index (χ3v) is 10.9. The molecule has 4 heterocycles. The van der Waals surface area contributed by atoms with Crippen LogP contribution in [0.4, 0.5) is 0 Å². The molecule has 45 heavy (non-hydrogen) atoms. The predicted molar refractivity (Wildman–Crippen MR) is 171 cm³/mol. The molecule has 0 aromatic carbocycles. The maximum absolute atomic E-state index is 14.2. The van der Waals surface area contributed by atoms with Crippen molar-refractivity contribution in [2.24, 2.45) is 23.2 Å². The van der Waals surface area contributed by atoms with Crippen LogP contribution in [0.1, 0.15) is 67.2 Å². The molecule has 0 aromatic rings. The summed E-state index contributed by atoms with van der Waals surface area (Å²) in [6, 6.07) is -0.144. The first kappa shape index (κ1) is 36.7. The lowest BCUT2D eigenvalue weighted by atomic mass is 9.74. The van der Waals surface area contributed by atoms with Crippen LogP contribution in [-0.2, 0) is 33.3 Å². The van der Waals surface area contributed by atoms with E-state index < -0.39 is 41.4 Å². The number of esters is 1. The number of nitrogens with zero attached hydrogens (tertiary/aromatic N) is 3. The number of Topliss-reactive ketones (excluding diaryl/α,β-unsaturated/α-hetero) is 1. The zero-order valence-electron chi connectivity index (χ0n) is 29.5. The fourth-order valence-electron chi connectivity index (χ4n) is 8.14. The lowest BCUT2D eigenvalue weighted by Crippen LogP contribution is -2.59. The van der Waals surface area contributed by atoms with Gasteiger partial charge in [-0.25, -0.2) is 0 Å². The SMILES string of the molecule is CO[C@]1(C)C[C@@H](C)CN(C)C(C2CN(CC3CCCO3)C2)COC(=O)C(C)(C)C(=O)[C@H](C)[C@H]1O[C@@H]1O[C@H](C)C[C@H](N(C)C)[C@H]1O. The standard InChI is InChI=1S/C34H61N3O8/c1-21-15-34(6,41-10)30(45-31-28(38)26(35(7)8)14-22(2)44-31)23(3)29(39)33(4,5)32(40)43-20-27(36(9)16-21)24-17-37(18-24)19-25-12-11-13-42-25/h21-28,30-31,38H,11-20H2,1-10H3/t21-,22-,23+,25?,26+,27?,28-,30-,31+,34-/m1/s1. The number of aliphatic hydroxyl groups is 1. The quantitative estimate of drug-likeness (QED) is 0.328. The summed E-state index contributed by atoms with van der Waals surface area (Å²) in [5, 5.41) is 11.3. The maximum Gasteiger partial charge on any atom is 0.319 e. The Balaban J connectivity index is 1.58. The van der Waals surface area contributed by atoms with E-state index in [1.54, 1.807) is 27.9 Å². The molecule has 0 bridgehead atoms. The first-order valence-electron chi connectivity index (χ1n) is 17.0. The average Bonchev–Trinajstić information content (AvgIpc) is 3.47. The fraction of sp³-hybridized carbons (Fsp3) is 0.941. The number of carbonyl (C=O) groups excluding carboxylic acids is 2. The Bertz CT molecular complexity index is 1000. The molecule has 0 aliphatic carbocycles. The van der Waals surface area contributed by atoms with Gasteiger partial charge in [-0.3, -0.25) is 19.4 Å². The molecule has 0 saturated carbocycles. The highest BCUT2D eigenvalue weighted by molar-refractivity contribution is 6.04. The second-order valence-electron chi connectivity index (χ2n) is 15.5. The lowest BCUT2D eigenvalue weighted by molar-refractivity contribution is -0.295. The first-order chi connectivity index (χ1) is 21.1. The van der Waals surface area contributed by atoms with Gasteiger partial charge >= 0.3 is 5.97 Å². The van der Waals surface area contributed by atoms with Crippen LogP contribution < -0.4 is 0 Å². The number of hydrogen-bond donors (Lipinski definition) is 1. The Hall–Kier alpha value is -1.18. The molecule has 4 rings (SSSR count). The third kappa shape index (κ3) is 8.28. The number of cyclic esters (lactones) is 1. The monoisotopic (exact) mass is 639 g/mol. The summed E-state index contributed by atoms with van der Waals surface area (Å²) in [4.78, 5) is 34.6. The van der Waals surface area contributed by atoms with Gasteiger partial charge in [0.2, 0.25) is 0 Å². The second-order valence-corrected chi connectivity index (χ2v) is 15.5. The summed E-state index contributed by atoms with van der Waals surface area (Å²) in [6.07, 6.45) is 0.995. The molecule has 4 aliphatic rings. The number of likely N-dealkylation sites (N-methyl/N-ethyl adjacent to an activating group) is 2. The van der Waals surface area contributed by atoms with Crippen molar-refractivity contribution in [1.82, 2.24) is 14.7 Å². The molecule has 0 amide bonds. The summed E-state index contributed by atoms with van der Waals surface area (Å²) in [6.45, 7) is 15.8. The van der Waals surface area contributed by atoms with Crippen LogP contribution in [0.2, 0.25) is 0 Å². The van der Waals surface area contributed by atoms with Crippen LogP contribution in [0.15, 0.2) is 0 Å². The molecule has 4 fully saturated rings. The van der Waals surface area contributed by atoms with E-state index in [1.165, 1.54) is 0 Å². The molecule has 4 saturated heterocycles. The van der Waals surface area contributed by atoms with Crippen LogP contribution in [0.5, 0.6) is 0 Å². The van der Waals surface area contributed by atoms with Crippen molar-refractivity contribution in [2.75, 3.05) is 67.6 Å². The summed E-state index contributed by atoms with van der Waals surface area (Å²) in [5.74, 6) is -1.06. The van der Waals surface area contributed by atoms with Crippen molar-refractivity contribution < 1.29 is 38.4 Å². The first-order valence-corrected chi connectivity index (χ1v) is 17.0. The van der Waals surface area contributed by atoms with Crippen LogP contribution in [0.3, 0.4) is 0 Å². The Morgan fingerprint density at radius 3 is 2.38 bits per heavy atom. The molecule has 4 aliphatic heterocycles. The molecule has 0 aromatic heterocycles. The molecule has 260 valence electrons. The summed E-state index contributed by atoms with van der Waals surface area (Å²) in [5.41, 5.74) is -2.32. The smallest absolute Gasteiger partial charge is 0.319 e. The van der Waals surface area contributed by atoms with Crippen molar-refractivity contribution in [3.05, 3.63) is 0 Å². The molecule has 0 spiro atoms. The number of rotatable bonds is 7. The minimum atomic E-state index is -1.41. The number of ether oxygens (including phenoxy) is 5. The number of likely N-dealkylation sites (tertiary alicyclic amines) is 1. The van der Waals surface area contributed by atoms with Crippen LogP contribution in [-0.4, -0.2) is 148 Å². The van der Waals surface area contributed by atoms with E-state index in [1.807, 2.05) is 32.8 Å². The van der Waals surface area contributed by atoms with Crippen LogP contribution in [0, 0.1) is 23.2 Å². The van der Waals surface area contributed by atoms with Gasteiger partial charge in [0.15, 0.2) is 12.1 Å². The van der Waals surface area contributed by atoms with Gasteiger partial charge in [-0.2, -0.15) is 0 Å². The number of methoxy groups -OCH3 is 1. The molecule has 2 unspecified atom stereocenters. The highest BCUT2D eigenvalue weighted by Crippen LogP contribution is 2.38. The van der Waals surface area contributed by atoms with Gasteiger partial charge in [0.25, 0.3) is 0 Å². The third-order valence-electron chi connectivity index (χ3n) is 10.9. The van der Waals surface area contributed by atoms with Gasteiger partial charge in [-0.05, 0) is 80.4 Å². The number of aliphatic hydroxyl groups excluding tert-OH is 1. The molecular formula is C34H61N3O8. The molecule has 11 nitrogen and oxygen atoms in total. The number of carbonyl (C=O) groups is 2. The summed E-state index contributed by atoms with van der Waals surface area (Å²) >= 11 is 0. The van der Waals surface area contributed by atoms with Crippen molar-refractivity contribution in [1.29, 1.82) is 0 Å². The lowest BCUT2D eigenvalue weighted by Gasteiger charge is -2.48. The largest absolute Gasteiger partial charge is 0.463 e. The maximum atomic E-state index is 14.2. The van der Waals surface area contributed by atoms with E-state index in [4.69, 9.17) is 23.7 Å². The van der Waals surface area contributed by atoms with E-state index in [9.17, 15) is 14.7 Å². The van der Waals surface area contributed by atoms with Crippen molar-refractivity contribution >= 4 is 11.8 Å². The molecule has 11 heteroatoms. The zero-order valence-corrected chi connectivity index (χ0v) is 29.5. The summed E-state index contributed by atoms with van der Waals surface area (Å²) in [7, 11) is 7.60. The van der Waals surface area contributed by atoms with Crippen molar-refractivity contribution in [2.45, 2.75) is 116 Å². The Morgan fingerprint density at radius 1 is 1.09 bits per heavy atom. The predicted octanol–water partition coefficient (Wildman–Crippen LogP) is 2.43. The molecule has 0 radical (unpaired) electrons. The van der Waals surface area contributed by atoms with E-state index in [-0.39, 0.29) is 36.5 Å². The van der Waals surface area contributed by atoms with Crippen LogP contribution >= 0.6 is 0 Å². The van der Waals surface area contributed by atoms with Gasteiger partial charge in [0.1, 0.15) is 18.1 Å². The van der Waals surface area contributed by atoms with Crippen LogP contribution in [0.25, 0.3) is 0 Å². The minimum Gasteiger partial charge on any atom is -0.463 e. The summed E-state index contributed by atoms with van der Waals surface area (Å²) < 4.78 is 30.9. The van der Waals surface area contributed by atoms with Gasteiger partial charge in [0, 0.05) is 63.8 Å². The highest BCUT2D eigenvalue weighted by Gasteiger charge is 2.52.